The molecular formula is C11H12BrFN4O3S. The Kier molecular flexibility index (Phi) is 4.30. The lowest BCUT2D eigenvalue weighted by Crippen LogP contribution is -2.14. The first-order valence-corrected chi connectivity index (χ1v) is 8.03. The highest BCUT2D eigenvalue weighted by atomic mass is 79.9. The van der Waals surface area contributed by atoms with E-state index in [2.05, 4.69) is 26.1 Å². The van der Waals surface area contributed by atoms with Crippen LogP contribution in [0.15, 0.2) is 21.5 Å². The highest BCUT2D eigenvalue weighted by Gasteiger charge is 2.18. The van der Waals surface area contributed by atoms with Gasteiger partial charge in [0.15, 0.2) is 5.82 Å². The molecule has 114 valence electrons. The Morgan fingerprint density at radius 1 is 1.43 bits per heavy atom. The average molecular weight is 379 g/mol. The van der Waals surface area contributed by atoms with Crippen molar-refractivity contribution in [1.82, 2.24) is 14.8 Å². The largest absolute Gasteiger partial charge is 0.484 e. The van der Waals surface area contributed by atoms with Gasteiger partial charge in [0.05, 0.1) is 4.47 Å². The number of ether oxygens (including phenoxy) is 1. The van der Waals surface area contributed by atoms with Crippen LogP contribution >= 0.6 is 15.9 Å². The van der Waals surface area contributed by atoms with E-state index < -0.39 is 20.7 Å². The van der Waals surface area contributed by atoms with E-state index in [9.17, 15) is 12.8 Å². The molecule has 0 unspecified atom stereocenters. The van der Waals surface area contributed by atoms with E-state index in [0.717, 1.165) is 12.1 Å². The number of benzene rings is 1. The molecule has 0 aliphatic heterocycles. The zero-order chi connectivity index (χ0) is 15.8. The number of hydrogen-bond acceptors (Lipinski definition) is 5. The van der Waals surface area contributed by atoms with Crippen LogP contribution in [0, 0.1) is 12.7 Å². The number of hydrogen-bond donors (Lipinski definition) is 1. The van der Waals surface area contributed by atoms with Gasteiger partial charge in [-0.05, 0) is 28.9 Å². The summed E-state index contributed by atoms with van der Waals surface area (Å²) in [5.41, 5.74) is 0. The van der Waals surface area contributed by atoms with E-state index in [4.69, 9.17) is 9.88 Å². The molecule has 1 aromatic heterocycles. The van der Waals surface area contributed by atoms with Crippen molar-refractivity contribution < 1.29 is 17.5 Å². The van der Waals surface area contributed by atoms with Crippen molar-refractivity contribution in [3.05, 3.63) is 34.1 Å². The molecule has 0 aliphatic rings. The van der Waals surface area contributed by atoms with Crippen LogP contribution < -0.4 is 9.88 Å². The minimum Gasteiger partial charge on any atom is -0.484 e. The number of primary sulfonamides is 1. The number of aromatic nitrogens is 3. The summed E-state index contributed by atoms with van der Waals surface area (Å²) < 4.78 is 43.6. The smallest absolute Gasteiger partial charge is 0.241 e. The first-order chi connectivity index (χ1) is 9.70. The van der Waals surface area contributed by atoms with Crippen molar-refractivity contribution in [2.45, 2.75) is 18.4 Å². The lowest BCUT2D eigenvalue weighted by atomic mass is 10.3. The molecule has 1 heterocycles. The molecule has 0 spiro atoms. The maximum Gasteiger partial charge on any atom is 0.241 e. The fourth-order valence-corrected chi connectivity index (χ4v) is 2.78. The summed E-state index contributed by atoms with van der Waals surface area (Å²) in [7, 11) is -2.36. The number of nitrogens with zero attached hydrogens (tertiary/aromatic N) is 3. The third-order valence-electron chi connectivity index (χ3n) is 2.83. The van der Waals surface area contributed by atoms with Crippen molar-refractivity contribution in [3.8, 4) is 5.75 Å². The Balaban J connectivity index is 2.26. The lowest BCUT2D eigenvalue weighted by Gasteiger charge is -2.10. The van der Waals surface area contributed by atoms with E-state index in [-0.39, 0.29) is 16.8 Å². The lowest BCUT2D eigenvalue weighted by molar-refractivity contribution is 0.287. The summed E-state index contributed by atoms with van der Waals surface area (Å²) in [4.78, 5) is -0.601. The summed E-state index contributed by atoms with van der Waals surface area (Å²) >= 11 is 3.12. The van der Waals surface area contributed by atoms with Gasteiger partial charge in [0.1, 0.15) is 28.9 Å². The molecule has 0 saturated carbocycles. The summed E-state index contributed by atoms with van der Waals surface area (Å²) in [6, 6.07) is 2.01. The number of aryl methyl sites for hydroxylation is 1. The highest BCUT2D eigenvalue weighted by molar-refractivity contribution is 9.10. The molecule has 10 heteroatoms. The summed E-state index contributed by atoms with van der Waals surface area (Å²) in [5, 5.41) is 12.7. The van der Waals surface area contributed by atoms with Crippen molar-refractivity contribution >= 4 is 26.0 Å². The van der Waals surface area contributed by atoms with Gasteiger partial charge in [0, 0.05) is 13.1 Å². The molecule has 2 rings (SSSR count). The molecule has 2 aromatic rings. The summed E-state index contributed by atoms with van der Waals surface area (Å²) in [6.45, 7) is 1.84. The number of sulfonamides is 1. The molecule has 0 atom stereocenters. The molecule has 2 N–H and O–H groups in total. The molecular weight excluding hydrogens is 367 g/mol. The summed E-state index contributed by atoms with van der Waals surface area (Å²) in [5.74, 6) is 0.421. The average Bonchev–Trinajstić information content (AvgIpc) is 2.69. The quantitative estimate of drug-likeness (QED) is 0.862. The molecule has 0 radical (unpaired) electrons. The van der Waals surface area contributed by atoms with E-state index in [1.54, 1.807) is 18.5 Å². The van der Waals surface area contributed by atoms with Crippen LogP contribution in [0.5, 0.6) is 5.75 Å². The normalized spacial score (nSPS) is 11.7. The van der Waals surface area contributed by atoms with Crippen molar-refractivity contribution in [1.29, 1.82) is 0 Å². The Hall–Kier alpha value is -1.52. The second-order valence-corrected chi connectivity index (χ2v) is 6.65. The van der Waals surface area contributed by atoms with Gasteiger partial charge in [-0.2, -0.15) is 0 Å². The van der Waals surface area contributed by atoms with Gasteiger partial charge in [-0.25, -0.2) is 17.9 Å². The molecule has 21 heavy (non-hydrogen) atoms. The summed E-state index contributed by atoms with van der Waals surface area (Å²) in [6.07, 6.45) is 0. The fourth-order valence-electron chi connectivity index (χ4n) is 1.56. The minimum absolute atomic E-state index is 0.0596. The molecule has 0 fully saturated rings. The molecule has 0 bridgehead atoms. The highest BCUT2D eigenvalue weighted by Crippen LogP contribution is 2.30. The second-order valence-electron chi connectivity index (χ2n) is 4.27. The van der Waals surface area contributed by atoms with Crippen LogP contribution in [0.3, 0.4) is 0 Å². The Morgan fingerprint density at radius 3 is 2.62 bits per heavy atom. The van der Waals surface area contributed by atoms with Gasteiger partial charge < -0.3 is 9.30 Å². The first kappa shape index (κ1) is 15.9. The SMILES string of the molecule is Cc1nnc(COc2cc(F)c(S(N)(=O)=O)cc2Br)n1C. The monoisotopic (exact) mass is 378 g/mol. The van der Waals surface area contributed by atoms with Crippen LogP contribution in [-0.2, 0) is 23.7 Å². The Labute approximate surface area is 129 Å². The maximum atomic E-state index is 13.7. The molecule has 0 aliphatic carbocycles. The molecule has 0 amide bonds. The van der Waals surface area contributed by atoms with E-state index in [1.165, 1.54) is 0 Å². The zero-order valence-corrected chi connectivity index (χ0v) is 13.6. The van der Waals surface area contributed by atoms with Crippen LogP contribution in [0.1, 0.15) is 11.6 Å². The minimum atomic E-state index is -4.13. The van der Waals surface area contributed by atoms with E-state index in [0.29, 0.717) is 11.6 Å². The topological polar surface area (TPSA) is 100 Å². The molecule has 1 aromatic carbocycles. The van der Waals surface area contributed by atoms with Gasteiger partial charge in [-0.1, -0.05) is 0 Å². The third kappa shape index (κ3) is 3.39. The third-order valence-corrected chi connectivity index (χ3v) is 4.38. The predicted molar refractivity (Wildman–Crippen MR) is 75.5 cm³/mol. The van der Waals surface area contributed by atoms with Gasteiger partial charge >= 0.3 is 0 Å². The van der Waals surface area contributed by atoms with Gasteiger partial charge in [0.25, 0.3) is 0 Å². The van der Waals surface area contributed by atoms with Crippen LogP contribution in [0.2, 0.25) is 0 Å². The van der Waals surface area contributed by atoms with Crippen LogP contribution in [0.25, 0.3) is 0 Å². The first-order valence-electron chi connectivity index (χ1n) is 5.69. The second kappa shape index (κ2) is 5.70. The Bertz CT molecular complexity index is 791. The fraction of sp³-hybridized carbons (Fsp3) is 0.273. The van der Waals surface area contributed by atoms with Crippen LogP contribution in [-0.4, -0.2) is 23.2 Å². The van der Waals surface area contributed by atoms with E-state index in [1.807, 2.05) is 0 Å². The predicted octanol–water partition coefficient (Wildman–Crippen LogP) is 1.25. The zero-order valence-electron chi connectivity index (χ0n) is 11.2. The number of halogens is 2. The maximum absolute atomic E-state index is 13.7. The molecule has 0 saturated heterocycles. The van der Waals surface area contributed by atoms with Crippen molar-refractivity contribution in [3.63, 3.8) is 0 Å². The standard InChI is InChI=1S/C11H12BrFN4O3S/c1-6-15-16-11(17(6)2)5-20-9-4-8(13)10(3-7(9)12)21(14,18)19/h3-4H,5H2,1-2H3,(H2,14,18,19). The molecule has 7 nitrogen and oxygen atoms in total. The van der Waals surface area contributed by atoms with Crippen molar-refractivity contribution in [2.24, 2.45) is 12.2 Å². The van der Waals surface area contributed by atoms with Gasteiger partial charge in [0.2, 0.25) is 10.0 Å². The van der Waals surface area contributed by atoms with Gasteiger partial charge in [-0.3, -0.25) is 0 Å². The van der Waals surface area contributed by atoms with E-state index >= 15 is 0 Å². The van der Waals surface area contributed by atoms with Gasteiger partial charge in [-0.15, -0.1) is 10.2 Å². The van der Waals surface area contributed by atoms with Crippen LogP contribution in [0.4, 0.5) is 4.39 Å². The number of rotatable bonds is 4. The number of nitrogens with two attached hydrogens (primary N) is 1. The Morgan fingerprint density at radius 2 is 2.10 bits per heavy atom. The van der Waals surface area contributed by atoms with Crippen molar-refractivity contribution in [2.75, 3.05) is 0 Å².